The van der Waals surface area contributed by atoms with E-state index in [1.165, 1.54) is 10.4 Å². The number of piperidine rings is 1. The Balaban J connectivity index is 1.56. The molecule has 1 aromatic rings. The third kappa shape index (κ3) is 5.75. The van der Waals surface area contributed by atoms with Crippen LogP contribution in [-0.2, 0) is 24.3 Å². The molecule has 3 fully saturated rings. The van der Waals surface area contributed by atoms with Crippen molar-refractivity contribution < 1.29 is 27.5 Å². The van der Waals surface area contributed by atoms with E-state index < -0.39 is 16.0 Å². The third-order valence-corrected chi connectivity index (χ3v) is 8.79. The van der Waals surface area contributed by atoms with E-state index in [0.717, 1.165) is 51.4 Å². The molecular formula is C24H34N2O6S. The standard InChI is InChI=1S/C24H34N2O6S/c27-23(19-7-3-1-4-8-19)18-32-24(28)21-17-20(33(29,30)26-11-5-2-6-12-26)9-10-22(21)25-13-15-31-16-14-25/h9-10,17,19H,1-8,11-16,18H2. The van der Waals surface area contributed by atoms with Crippen molar-refractivity contribution in [3.8, 4) is 0 Å². The van der Waals surface area contributed by atoms with Crippen molar-refractivity contribution in [2.45, 2.75) is 56.3 Å². The van der Waals surface area contributed by atoms with Crippen molar-refractivity contribution in [3.63, 3.8) is 0 Å². The van der Waals surface area contributed by atoms with Crippen LogP contribution >= 0.6 is 0 Å². The summed E-state index contributed by atoms with van der Waals surface area (Å²) in [6.07, 6.45) is 7.59. The minimum absolute atomic E-state index is 0.0453. The molecule has 0 atom stereocenters. The highest BCUT2D eigenvalue weighted by Gasteiger charge is 2.30. The van der Waals surface area contributed by atoms with E-state index in [1.807, 2.05) is 4.90 Å². The van der Waals surface area contributed by atoms with Crippen molar-refractivity contribution in [1.82, 2.24) is 4.31 Å². The average molecular weight is 479 g/mol. The number of hydrogen-bond acceptors (Lipinski definition) is 7. The summed E-state index contributed by atoms with van der Waals surface area (Å²) < 4.78 is 38.8. The highest BCUT2D eigenvalue weighted by molar-refractivity contribution is 7.89. The van der Waals surface area contributed by atoms with Crippen LogP contribution in [0.1, 0.15) is 61.7 Å². The number of Topliss-reactive ketones (excluding diaryl/α,β-unsaturated/α-hetero) is 1. The smallest absolute Gasteiger partial charge is 0.340 e. The van der Waals surface area contributed by atoms with Gasteiger partial charge < -0.3 is 14.4 Å². The summed E-state index contributed by atoms with van der Waals surface area (Å²) in [5, 5.41) is 0. The maximum absolute atomic E-state index is 13.2. The summed E-state index contributed by atoms with van der Waals surface area (Å²) in [5.41, 5.74) is 0.803. The van der Waals surface area contributed by atoms with Gasteiger partial charge in [0.2, 0.25) is 10.0 Å². The van der Waals surface area contributed by atoms with E-state index in [9.17, 15) is 18.0 Å². The topological polar surface area (TPSA) is 93.2 Å². The van der Waals surface area contributed by atoms with E-state index in [1.54, 1.807) is 12.1 Å². The van der Waals surface area contributed by atoms with Gasteiger partial charge in [0, 0.05) is 32.1 Å². The Labute approximate surface area is 196 Å². The van der Waals surface area contributed by atoms with E-state index >= 15 is 0 Å². The zero-order valence-corrected chi connectivity index (χ0v) is 20.0. The molecule has 182 valence electrons. The molecule has 0 unspecified atom stereocenters. The lowest BCUT2D eigenvalue weighted by molar-refractivity contribution is -0.126. The van der Waals surface area contributed by atoms with Crippen molar-refractivity contribution in [2.75, 3.05) is 50.9 Å². The normalized spacial score (nSPS) is 21.0. The van der Waals surface area contributed by atoms with E-state index in [4.69, 9.17) is 9.47 Å². The Morgan fingerprint density at radius 1 is 0.939 bits per heavy atom. The number of carbonyl (C=O) groups is 2. The van der Waals surface area contributed by atoms with Gasteiger partial charge in [0.05, 0.1) is 29.4 Å². The maximum atomic E-state index is 13.2. The van der Waals surface area contributed by atoms with Gasteiger partial charge in [-0.1, -0.05) is 25.7 Å². The number of ether oxygens (including phenoxy) is 2. The lowest BCUT2D eigenvalue weighted by atomic mass is 9.86. The monoisotopic (exact) mass is 478 g/mol. The first-order chi connectivity index (χ1) is 16.0. The Hall–Kier alpha value is -1.97. The number of morpholine rings is 1. The second kappa shape index (κ2) is 11.0. The average Bonchev–Trinajstić information content (AvgIpc) is 2.88. The molecule has 2 aliphatic heterocycles. The van der Waals surface area contributed by atoms with Gasteiger partial charge in [-0.2, -0.15) is 4.31 Å². The molecule has 0 bridgehead atoms. The molecule has 33 heavy (non-hydrogen) atoms. The quantitative estimate of drug-likeness (QED) is 0.556. The predicted octanol–water partition coefficient (Wildman–Crippen LogP) is 3.00. The van der Waals surface area contributed by atoms with Gasteiger partial charge in [-0.3, -0.25) is 4.79 Å². The van der Waals surface area contributed by atoms with Crippen LogP contribution in [0.5, 0.6) is 0 Å². The zero-order valence-electron chi connectivity index (χ0n) is 19.2. The molecule has 0 N–H and O–H groups in total. The van der Waals surface area contributed by atoms with Gasteiger partial charge in [-0.15, -0.1) is 0 Å². The molecular weight excluding hydrogens is 444 g/mol. The third-order valence-electron chi connectivity index (χ3n) is 6.90. The number of esters is 1. The Morgan fingerprint density at radius 2 is 1.61 bits per heavy atom. The molecule has 3 aliphatic rings. The van der Waals surface area contributed by atoms with Crippen molar-refractivity contribution in [2.24, 2.45) is 5.92 Å². The van der Waals surface area contributed by atoms with Crippen LogP contribution in [0, 0.1) is 5.92 Å². The Bertz CT molecular complexity index is 946. The number of benzene rings is 1. The molecule has 2 saturated heterocycles. The molecule has 0 amide bonds. The van der Waals surface area contributed by atoms with Crippen molar-refractivity contribution >= 4 is 27.5 Å². The van der Waals surface area contributed by atoms with E-state index in [-0.39, 0.29) is 28.8 Å². The molecule has 1 aromatic carbocycles. The number of ketones is 1. The molecule has 2 heterocycles. The number of rotatable bonds is 7. The van der Waals surface area contributed by atoms with Crippen LogP contribution < -0.4 is 4.90 Å². The molecule has 0 radical (unpaired) electrons. The highest BCUT2D eigenvalue weighted by Crippen LogP contribution is 2.29. The molecule has 9 heteroatoms. The van der Waals surface area contributed by atoms with E-state index in [2.05, 4.69) is 0 Å². The summed E-state index contributed by atoms with van der Waals surface area (Å²) in [6.45, 7) is 2.96. The molecule has 8 nitrogen and oxygen atoms in total. The van der Waals surface area contributed by atoms with Crippen LogP contribution in [0.25, 0.3) is 0 Å². The first-order valence-electron chi connectivity index (χ1n) is 12.1. The van der Waals surface area contributed by atoms with Crippen LogP contribution in [0.2, 0.25) is 0 Å². The lowest BCUT2D eigenvalue weighted by Gasteiger charge is -2.31. The summed E-state index contributed by atoms with van der Waals surface area (Å²) in [5.74, 6) is -0.750. The number of anilines is 1. The van der Waals surface area contributed by atoms with Crippen molar-refractivity contribution in [1.29, 1.82) is 0 Å². The molecule has 0 spiro atoms. The molecule has 4 rings (SSSR count). The molecule has 0 aromatic heterocycles. The molecule has 1 saturated carbocycles. The summed E-state index contributed by atoms with van der Waals surface area (Å²) in [4.78, 5) is 27.7. The first kappa shape index (κ1) is 24.2. The van der Waals surface area contributed by atoms with Gasteiger partial charge in [0.1, 0.15) is 0 Å². The summed E-state index contributed by atoms with van der Waals surface area (Å²) in [7, 11) is -3.70. The largest absolute Gasteiger partial charge is 0.454 e. The predicted molar refractivity (Wildman–Crippen MR) is 124 cm³/mol. The SMILES string of the molecule is O=C(OCC(=O)C1CCCCC1)c1cc(S(=O)(=O)N2CCCCC2)ccc1N1CCOCC1. The fourth-order valence-electron chi connectivity index (χ4n) is 4.93. The van der Waals surface area contributed by atoms with Crippen molar-refractivity contribution in [3.05, 3.63) is 23.8 Å². The van der Waals surface area contributed by atoms with Crippen LogP contribution in [-0.4, -0.2) is 70.5 Å². The van der Waals surface area contributed by atoms with Gasteiger partial charge in [-0.05, 0) is 43.9 Å². The fourth-order valence-corrected chi connectivity index (χ4v) is 6.47. The highest BCUT2D eigenvalue weighted by atomic mass is 32.2. The fraction of sp³-hybridized carbons (Fsp3) is 0.667. The Kier molecular flexibility index (Phi) is 8.03. The zero-order chi connectivity index (χ0) is 23.3. The van der Waals surface area contributed by atoms with Crippen LogP contribution in [0.4, 0.5) is 5.69 Å². The second-order valence-electron chi connectivity index (χ2n) is 9.12. The summed E-state index contributed by atoms with van der Waals surface area (Å²) >= 11 is 0. The van der Waals surface area contributed by atoms with E-state index in [0.29, 0.717) is 45.1 Å². The number of sulfonamides is 1. The van der Waals surface area contributed by atoms with Gasteiger partial charge >= 0.3 is 5.97 Å². The second-order valence-corrected chi connectivity index (χ2v) is 11.1. The number of hydrogen-bond donors (Lipinski definition) is 0. The van der Waals surface area contributed by atoms with Crippen LogP contribution in [0.15, 0.2) is 23.1 Å². The minimum atomic E-state index is -3.70. The maximum Gasteiger partial charge on any atom is 0.340 e. The Morgan fingerprint density at radius 3 is 2.30 bits per heavy atom. The first-order valence-corrected chi connectivity index (χ1v) is 13.6. The lowest BCUT2D eigenvalue weighted by Crippen LogP contribution is -2.38. The van der Waals surface area contributed by atoms with Gasteiger partial charge in [-0.25, -0.2) is 13.2 Å². The minimum Gasteiger partial charge on any atom is -0.454 e. The van der Waals surface area contributed by atoms with Crippen LogP contribution in [0.3, 0.4) is 0 Å². The number of carbonyl (C=O) groups excluding carboxylic acids is 2. The van der Waals surface area contributed by atoms with Gasteiger partial charge in [0.25, 0.3) is 0 Å². The number of nitrogens with zero attached hydrogens (tertiary/aromatic N) is 2. The summed E-state index contributed by atoms with van der Waals surface area (Å²) in [6, 6.07) is 4.67. The van der Waals surface area contributed by atoms with Gasteiger partial charge in [0.15, 0.2) is 12.4 Å². The molecule has 1 aliphatic carbocycles.